The van der Waals surface area contributed by atoms with Gasteiger partial charge in [0.2, 0.25) is 0 Å². The summed E-state index contributed by atoms with van der Waals surface area (Å²) in [6, 6.07) is 0. The summed E-state index contributed by atoms with van der Waals surface area (Å²) in [4.78, 5) is 1.55. The largest absolute Gasteiger partial charge is 0.377 e. The molecule has 0 amide bonds. The summed E-state index contributed by atoms with van der Waals surface area (Å²) in [5, 5.41) is 0. The van der Waals surface area contributed by atoms with Gasteiger partial charge < -0.3 is 4.74 Å². The van der Waals surface area contributed by atoms with Crippen LogP contribution in [0.1, 0.15) is 20.3 Å². The smallest absolute Gasteiger partial charge is 0.0690 e. The Morgan fingerprint density at radius 2 is 2.18 bits per heavy atom. The lowest BCUT2D eigenvalue weighted by molar-refractivity contribution is 0.143. The van der Waals surface area contributed by atoms with Crippen LogP contribution in [0.5, 0.6) is 0 Å². The zero-order valence-electron chi connectivity index (χ0n) is 7.52. The minimum Gasteiger partial charge on any atom is -0.377 e. The van der Waals surface area contributed by atoms with Crippen molar-refractivity contribution in [3.05, 3.63) is 10.5 Å². The summed E-state index contributed by atoms with van der Waals surface area (Å²) in [5.74, 6) is 0.651. The predicted molar refractivity (Wildman–Crippen MR) is 50.8 cm³/mol. The van der Waals surface area contributed by atoms with E-state index in [9.17, 15) is 0 Å². The van der Waals surface area contributed by atoms with Gasteiger partial charge in [-0.25, -0.2) is 0 Å². The third-order valence-electron chi connectivity index (χ3n) is 2.03. The van der Waals surface area contributed by atoms with Crippen molar-refractivity contribution < 1.29 is 4.74 Å². The SMILES string of the molecule is CSC1=C(C(C)C)COCC1. The van der Waals surface area contributed by atoms with Crippen LogP contribution in [0.4, 0.5) is 0 Å². The molecule has 1 nitrogen and oxygen atoms in total. The van der Waals surface area contributed by atoms with E-state index in [1.54, 1.807) is 4.91 Å². The minimum absolute atomic E-state index is 0.651. The van der Waals surface area contributed by atoms with Crippen molar-refractivity contribution >= 4 is 11.8 Å². The van der Waals surface area contributed by atoms with Crippen LogP contribution >= 0.6 is 11.8 Å². The van der Waals surface area contributed by atoms with Crippen molar-refractivity contribution in [2.24, 2.45) is 5.92 Å². The summed E-state index contributed by atoms with van der Waals surface area (Å²) in [5.41, 5.74) is 1.50. The Balaban J connectivity index is 2.73. The molecule has 11 heavy (non-hydrogen) atoms. The first-order valence-electron chi connectivity index (χ1n) is 4.09. The van der Waals surface area contributed by atoms with E-state index >= 15 is 0 Å². The normalized spacial score (nSPS) is 19.6. The first kappa shape index (κ1) is 9.14. The zero-order chi connectivity index (χ0) is 8.27. The maximum Gasteiger partial charge on any atom is 0.0690 e. The number of hydrogen-bond acceptors (Lipinski definition) is 2. The van der Waals surface area contributed by atoms with Crippen molar-refractivity contribution in [3.8, 4) is 0 Å². The van der Waals surface area contributed by atoms with Gasteiger partial charge in [0, 0.05) is 6.42 Å². The summed E-state index contributed by atoms with van der Waals surface area (Å²) in [7, 11) is 0. The van der Waals surface area contributed by atoms with Crippen LogP contribution in [0.2, 0.25) is 0 Å². The average Bonchev–Trinajstić information content (AvgIpc) is 2.04. The molecular weight excluding hydrogens is 156 g/mol. The van der Waals surface area contributed by atoms with Gasteiger partial charge in [-0.2, -0.15) is 0 Å². The lowest BCUT2D eigenvalue weighted by Crippen LogP contribution is -2.13. The van der Waals surface area contributed by atoms with Crippen LogP contribution in [-0.2, 0) is 4.74 Å². The molecule has 0 aromatic heterocycles. The molecule has 1 aliphatic heterocycles. The molecule has 1 aliphatic rings. The lowest BCUT2D eigenvalue weighted by atomic mass is 10.0. The molecular formula is C9H16OS. The zero-order valence-corrected chi connectivity index (χ0v) is 8.33. The predicted octanol–water partition coefficient (Wildman–Crippen LogP) is 2.68. The molecule has 0 fully saturated rings. The second-order valence-corrected chi connectivity index (χ2v) is 4.01. The Bertz CT molecular complexity index is 161. The average molecular weight is 172 g/mol. The molecule has 1 heterocycles. The topological polar surface area (TPSA) is 9.23 Å². The first-order chi connectivity index (χ1) is 5.25. The molecule has 0 aliphatic carbocycles. The van der Waals surface area contributed by atoms with Crippen molar-refractivity contribution in [3.63, 3.8) is 0 Å². The fourth-order valence-corrected chi connectivity index (χ4v) is 2.15. The first-order valence-corrected chi connectivity index (χ1v) is 5.31. The van der Waals surface area contributed by atoms with Crippen LogP contribution < -0.4 is 0 Å². The molecule has 1 rings (SSSR count). The van der Waals surface area contributed by atoms with Gasteiger partial charge in [0.15, 0.2) is 0 Å². The monoisotopic (exact) mass is 172 g/mol. The van der Waals surface area contributed by atoms with Gasteiger partial charge in [0.25, 0.3) is 0 Å². The van der Waals surface area contributed by atoms with Crippen molar-refractivity contribution in [2.75, 3.05) is 19.5 Å². The van der Waals surface area contributed by atoms with Crippen LogP contribution in [0.15, 0.2) is 10.5 Å². The minimum atomic E-state index is 0.651. The Labute approximate surface area is 73.2 Å². The van der Waals surface area contributed by atoms with Crippen molar-refractivity contribution in [1.82, 2.24) is 0 Å². The Morgan fingerprint density at radius 3 is 2.64 bits per heavy atom. The van der Waals surface area contributed by atoms with Gasteiger partial charge in [-0.3, -0.25) is 0 Å². The van der Waals surface area contributed by atoms with E-state index in [0.29, 0.717) is 5.92 Å². The number of hydrogen-bond donors (Lipinski definition) is 0. The number of rotatable bonds is 2. The Kier molecular flexibility index (Phi) is 3.46. The van der Waals surface area contributed by atoms with E-state index in [-0.39, 0.29) is 0 Å². The highest BCUT2D eigenvalue weighted by atomic mass is 32.2. The van der Waals surface area contributed by atoms with Crippen molar-refractivity contribution in [1.29, 1.82) is 0 Å². The molecule has 0 saturated heterocycles. The van der Waals surface area contributed by atoms with Gasteiger partial charge >= 0.3 is 0 Å². The quantitative estimate of drug-likeness (QED) is 0.633. The van der Waals surface area contributed by atoms with Crippen LogP contribution in [0.25, 0.3) is 0 Å². The molecule has 0 aromatic rings. The standard InChI is InChI=1S/C9H16OS/c1-7(2)8-6-10-5-4-9(8)11-3/h7H,4-6H2,1-3H3. The van der Waals surface area contributed by atoms with E-state index in [2.05, 4.69) is 20.1 Å². The highest BCUT2D eigenvalue weighted by Crippen LogP contribution is 2.28. The second-order valence-electron chi connectivity index (χ2n) is 3.11. The van der Waals surface area contributed by atoms with E-state index in [1.807, 2.05) is 11.8 Å². The Hall–Kier alpha value is 0.0500. The van der Waals surface area contributed by atoms with Crippen molar-refractivity contribution in [2.45, 2.75) is 20.3 Å². The summed E-state index contributed by atoms with van der Waals surface area (Å²) >= 11 is 1.88. The van der Waals surface area contributed by atoms with Gasteiger partial charge in [-0.15, -0.1) is 11.8 Å². The van der Waals surface area contributed by atoms with E-state index in [0.717, 1.165) is 19.6 Å². The molecule has 0 unspecified atom stereocenters. The Morgan fingerprint density at radius 1 is 1.45 bits per heavy atom. The second kappa shape index (κ2) is 4.17. The van der Waals surface area contributed by atoms with Crippen LogP contribution in [0.3, 0.4) is 0 Å². The maximum atomic E-state index is 5.40. The summed E-state index contributed by atoms with van der Waals surface area (Å²) in [6.07, 6.45) is 3.28. The fraction of sp³-hybridized carbons (Fsp3) is 0.778. The summed E-state index contributed by atoms with van der Waals surface area (Å²) in [6.45, 7) is 6.24. The maximum absolute atomic E-state index is 5.40. The van der Waals surface area contributed by atoms with Gasteiger partial charge in [-0.05, 0) is 22.7 Å². The molecule has 0 spiro atoms. The van der Waals surface area contributed by atoms with Gasteiger partial charge in [0.05, 0.1) is 13.2 Å². The molecule has 0 atom stereocenters. The molecule has 0 saturated carbocycles. The summed E-state index contributed by atoms with van der Waals surface area (Å²) < 4.78 is 5.40. The number of ether oxygens (including phenoxy) is 1. The highest BCUT2D eigenvalue weighted by molar-refractivity contribution is 8.02. The third-order valence-corrected chi connectivity index (χ3v) is 2.99. The molecule has 0 radical (unpaired) electrons. The molecule has 64 valence electrons. The van der Waals surface area contributed by atoms with E-state index in [1.165, 1.54) is 5.57 Å². The van der Waals surface area contributed by atoms with Crippen LogP contribution in [0, 0.1) is 5.92 Å². The molecule has 2 heteroatoms. The van der Waals surface area contributed by atoms with E-state index < -0.39 is 0 Å². The number of thioether (sulfide) groups is 1. The molecule has 0 N–H and O–H groups in total. The van der Waals surface area contributed by atoms with Crippen LogP contribution in [-0.4, -0.2) is 19.5 Å². The third kappa shape index (κ3) is 2.24. The van der Waals surface area contributed by atoms with E-state index in [4.69, 9.17) is 4.74 Å². The highest BCUT2D eigenvalue weighted by Gasteiger charge is 2.14. The fourth-order valence-electron chi connectivity index (χ4n) is 1.31. The lowest BCUT2D eigenvalue weighted by Gasteiger charge is -2.21. The molecule has 0 bridgehead atoms. The van der Waals surface area contributed by atoms with Gasteiger partial charge in [0.1, 0.15) is 0 Å². The van der Waals surface area contributed by atoms with Gasteiger partial charge in [-0.1, -0.05) is 13.8 Å². The molecule has 0 aromatic carbocycles.